The number of hydrogen-bond acceptors (Lipinski definition) is 1. The molecule has 0 aliphatic heterocycles. The van der Waals surface area contributed by atoms with Crippen LogP contribution in [0.1, 0.15) is 53.9 Å². The van der Waals surface area contributed by atoms with E-state index in [0.717, 1.165) is 19.4 Å². The van der Waals surface area contributed by atoms with Gasteiger partial charge in [0.2, 0.25) is 0 Å². The first kappa shape index (κ1) is 17.7. The van der Waals surface area contributed by atoms with Crippen molar-refractivity contribution in [2.75, 3.05) is 6.61 Å². The van der Waals surface area contributed by atoms with E-state index in [1.807, 2.05) is 0 Å². The lowest BCUT2D eigenvalue weighted by Crippen LogP contribution is -2.40. The van der Waals surface area contributed by atoms with E-state index in [1.54, 1.807) is 0 Å². The normalized spacial score (nSPS) is 13.8. The lowest BCUT2D eigenvalue weighted by atomic mass is 10.1. The summed E-state index contributed by atoms with van der Waals surface area (Å²) in [5.41, 5.74) is 2.49. The van der Waals surface area contributed by atoms with Gasteiger partial charge in [-0.1, -0.05) is 44.6 Å². The van der Waals surface area contributed by atoms with Gasteiger partial charge < -0.3 is 4.43 Å². The molecule has 0 aliphatic rings. The van der Waals surface area contributed by atoms with Crippen molar-refractivity contribution in [2.45, 2.75) is 72.0 Å². The van der Waals surface area contributed by atoms with Crippen molar-refractivity contribution in [3.8, 4) is 0 Å². The third-order valence-corrected chi connectivity index (χ3v) is 8.53. The molecule has 0 aromatic rings. The maximum Gasteiger partial charge on any atom is 0.191 e. The summed E-state index contributed by atoms with van der Waals surface area (Å²) in [6, 6.07) is 0. The standard InChI is InChI=1S/C16H32OSi/c1-14(2)15(3)12-10-9-11-13-17-18(7,8)16(4,5)6/h12H,1,9-11,13H2,2-8H3/b15-12+. The fraction of sp³-hybridized carbons (Fsp3) is 0.750. The minimum Gasteiger partial charge on any atom is -0.417 e. The van der Waals surface area contributed by atoms with Crippen LogP contribution >= 0.6 is 0 Å². The van der Waals surface area contributed by atoms with Gasteiger partial charge in [0.1, 0.15) is 0 Å². The molecule has 0 spiro atoms. The van der Waals surface area contributed by atoms with Crippen LogP contribution in [0.3, 0.4) is 0 Å². The van der Waals surface area contributed by atoms with Gasteiger partial charge in [0.15, 0.2) is 8.32 Å². The fourth-order valence-electron chi connectivity index (χ4n) is 1.28. The quantitative estimate of drug-likeness (QED) is 0.327. The maximum absolute atomic E-state index is 6.15. The smallest absolute Gasteiger partial charge is 0.191 e. The van der Waals surface area contributed by atoms with Crippen LogP contribution in [0.5, 0.6) is 0 Å². The third-order valence-electron chi connectivity index (χ3n) is 3.99. The highest BCUT2D eigenvalue weighted by Crippen LogP contribution is 2.36. The Balaban J connectivity index is 3.83. The van der Waals surface area contributed by atoms with Gasteiger partial charge in [-0.15, -0.1) is 0 Å². The molecule has 0 amide bonds. The monoisotopic (exact) mass is 268 g/mol. The van der Waals surface area contributed by atoms with Crippen LogP contribution in [-0.4, -0.2) is 14.9 Å². The molecular formula is C16H32OSi. The molecule has 0 aromatic carbocycles. The summed E-state index contributed by atoms with van der Waals surface area (Å²) in [6.07, 6.45) is 5.79. The SMILES string of the molecule is C=C(C)/C(C)=C/CCCCO[Si](C)(C)C(C)(C)C. The zero-order valence-electron chi connectivity index (χ0n) is 13.5. The summed E-state index contributed by atoms with van der Waals surface area (Å²) < 4.78 is 6.15. The molecule has 2 heteroatoms. The minimum atomic E-state index is -1.53. The second kappa shape index (κ2) is 7.30. The highest BCUT2D eigenvalue weighted by molar-refractivity contribution is 6.74. The first-order chi connectivity index (χ1) is 8.08. The first-order valence-corrected chi connectivity index (χ1v) is 9.95. The highest BCUT2D eigenvalue weighted by atomic mass is 28.4. The molecular weight excluding hydrogens is 236 g/mol. The van der Waals surface area contributed by atoms with Crippen LogP contribution in [0.15, 0.2) is 23.8 Å². The van der Waals surface area contributed by atoms with E-state index in [1.165, 1.54) is 17.6 Å². The van der Waals surface area contributed by atoms with Crippen LogP contribution in [0, 0.1) is 0 Å². The van der Waals surface area contributed by atoms with Crippen LogP contribution in [-0.2, 0) is 4.43 Å². The second-order valence-corrected chi connectivity index (χ2v) is 11.6. The van der Waals surface area contributed by atoms with Crippen molar-refractivity contribution in [3.63, 3.8) is 0 Å². The van der Waals surface area contributed by atoms with Crippen LogP contribution in [0.2, 0.25) is 18.1 Å². The molecule has 0 saturated carbocycles. The Morgan fingerprint density at radius 3 is 2.17 bits per heavy atom. The van der Waals surface area contributed by atoms with Gasteiger partial charge in [-0.2, -0.15) is 0 Å². The summed E-state index contributed by atoms with van der Waals surface area (Å²) in [5.74, 6) is 0. The molecule has 0 unspecified atom stereocenters. The molecule has 1 nitrogen and oxygen atoms in total. The van der Waals surface area contributed by atoms with Crippen molar-refractivity contribution < 1.29 is 4.43 Å². The molecule has 0 rings (SSSR count). The molecule has 0 aliphatic carbocycles. The molecule has 0 aromatic heterocycles. The average Bonchev–Trinajstić information content (AvgIpc) is 2.20. The number of hydrogen-bond donors (Lipinski definition) is 0. The molecule has 106 valence electrons. The summed E-state index contributed by atoms with van der Waals surface area (Å²) in [6.45, 7) is 20.6. The van der Waals surface area contributed by atoms with Gasteiger partial charge in [-0.05, 0) is 51.2 Å². The number of allylic oxidation sites excluding steroid dienone is 3. The fourth-order valence-corrected chi connectivity index (χ4v) is 2.37. The predicted octanol–water partition coefficient (Wildman–Crippen LogP) is 5.70. The van der Waals surface area contributed by atoms with E-state index in [0.29, 0.717) is 5.04 Å². The van der Waals surface area contributed by atoms with Gasteiger partial charge in [0, 0.05) is 6.61 Å². The maximum atomic E-state index is 6.15. The largest absolute Gasteiger partial charge is 0.417 e. The molecule has 0 heterocycles. The molecule has 0 N–H and O–H groups in total. The summed E-state index contributed by atoms with van der Waals surface area (Å²) >= 11 is 0. The van der Waals surface area contributed by atoms with Gasteiger partial charge in [-0.25, -0.2) is 0 Å². The number of rotatable bonds is 7. The lowest BCUT2D eigenvalue weighted by molar-refractivity contribution is 0.279. The van der Waals surface area contributed by atoms with Gasteiger partial charge in [0.05, 0.1) is 0 Å². The van der Waals surface area contributed by atoms with E-state index >= 15 is 0 Å². The van der Waals surface area contributed by atoms with Crippen LogP contribution < -0.4 is 0 Å². The van der Waals surface area contributed by atoms with Gasteiger partial charge in [-0.3, -0.25) is 0 Å². The van der Waals surface area contributed by atoms with Crippen molar-refractivity contribution in [1.29, 1.82) is 0 Å². The third kappa shape index (κ3) is 6.55. The Kier molecular flexibility index (Phi) is 7.16. The zero-order chi connectivity index (χ0) is 14.4. The van der Waals surface area contributed by atoms with Crippen molar-refractivity contribution in [3.05, 3.63) is 23.8 Å². The Morgan fingerprint density at radius 2 is 1.72 bits per heavy atom. The van der Waals surface area contributed by atoms with E-state index < -0.39 is 8.32 Å². The number of unbranched alkanes of at least 4 members (excludes halogenated alkanes) is 2. The van der Waals surface area contributed by atoms with E-state index in [9.17, 15) is 0 Å². The lowest BCUT2D eigenvalue weighted by Gasteiger charge is -2.36. The van der Waals surface area contributed by atoms with E-state index in [-0.39, 0.29) is 0 Å². The first-order valence-electron chi connectivity index (χ1n) is 7.04. The Bertz CT molecular complexity index is 295. The highest BCUT2D eigenvalue weighted by Gasteiger charge is 2.36. The van der Waals surface area contributed by atoms with Crippen LogP contribution in [0.25, 0.3) is 0 Å². The van der Waals surface area contributed by atoms with Crippen LogP contribution in [0.4, 0.5) is 0 Å². The second-order valence-electron chi connectivity index (χ2n) is 6.77. The molecule has 18 heavy (non-hydrogen) atoms. The van der Waals surface area contributed by atoms with E-state index in [4.69, 9.17) is 4.43 Å². The minimum absolute atomic E-state index is 0.323. The Hall–Kier alpha value is -0.343. The van der Waals surface area contributed by atoms with Gasteiger partial charge >= 0.3 is 0 Å². The average molecular weight is 269 g/mol. The Labute approximate surface area is 115 Å². The predicted molar refractivity (Wildman–Crippen MR) is 85.6 cm³/mol. The molecule has 0 atom stereocenters. The Morgan fingerprint density at radius 1 is 1.17 bits per heavy atom. The summed E-state index contributed by atoms with van der Waals surface area (Å²) in [4.78, 5) is 0. The van der Waals surface area contributed by atoms with Crippen molar-refractivity contribution in [2.24, 2.45) is 0 Å². The molecule has 0 radical (unpaired) electrons. The molecule has 0 bridgehead atoms. The molecule has 0 fully saturated rings. The van der Waals surface area contributed by atoms with Gasteiger partial charge in [0.25, 0.3) is 0 Å². The van der Waals surface area contributed by atoms with Crippen molar-refractivity contribution in [1.82, 2.24) is 0 Å². The molecule has 0 saturated heterocycles. The van der Waals surface area contributed by atoms with E-state index in [2.05, 4.69) is 60.4 Å². The summed E-state index contributed by atoms with van der Waals surface area (Å²) in [5, 5.41) is 0.323. The zero-order valence-corrected chi connectivity index (χ0v) is 14.5. The summed E-state index contributed by atoms with van der Waals surface area (Å²) in [7, 11) is -1.53. The topological polar surface area (TPSA) is 9.23 Å². The van der Waals surface area contributed by atoms with Crippen molar-refractivity contribution >= 4 is 8.32 Å².